The highest BCUT2D eigenvalue weighted by Gasteiger charge is 2.21. The van der Waals surface area contributed by atoms with Gasteiger partial charge >= 0.3 is 6.09 Å². The molecule has 0 aliphatic rings. The summed E-state index contributed by atoms with van der Waals surface area (Å²) in [6.07, 6.45) is 0.901. The Morgan fingerprint density at radius 2 is 2.07 bits per heavy atom. The average Bonchev–Trinajstić information content (AvgIpc) is 3.28. The Kier molecular flexibility index (Phi) is 4.53. The van der Waals surface area contributed by atoms with Crippen molar-refractivity contribution in [2.24, 2.45) is 0 Å². The molecule has 0 amide bonds. The summed E-state index contributed by atoms with van der Waals surface area (Å²) in [5, 5.41) is 12.0. The lowest BCUT2D eigenvalue weighted by atomic mass is 10.1. The molecule has 0 saturated carbocycles. The normalized spacial score (nSPS) is 11.7. The van der Waals surface area contributed by atoms with Gasteiger partial charge in [-0.3, -0.25) is 0 Å². The molecule has 0 fully saturated rings. The monoisotopic (exact) mass is 457 g/mol. The van der Waals surface area contributed by atoms with Gasteiger partial charge in [0, 0.05) is 11.6 Å². The van der Waals surface area contributed by atoms with E-state index in [4.69, 9.17) is 15.0 Å². The van der Waals surface area contributed by atoms with Crippen LogP contribution in [0.4, 0.5) is 10.6 Å². The van der Waals surface area contributed by atoms with Gasteiger partial charge in [0.1, 0.15) is 26.9 Å². The number of hydrogen-bond donors (Lipinski definition) is 1. The molecule has 148 valence electrons. The molecule has 10 nitrogen and oxygen atoms in total. The van der Waals surface area contributed by atoms with Crippen LogP contribution in [-0.2, 0) is 4.74 Å². The molecule has 3 aromatic heterocycles. The molecule has 11 heteroatoms. The van der Waals surface area contributed by atoms with Gasteiger partial charge in [0.25, 0.3) is 0 Å². The van der Waals surface area contributed by atoms with Gasteiger partial charge in [-0.05, 0) is 48.8 Å². The Balaban J connectivity index is 1.67. The molecular weight excluding hydrogens is 442 g/mol. The molecule has 0 atom stereocenters. The first-order valence-corrected chi connectivity index (χ1v) is 9.35. The zero-order chi connectivity index (χ0) is 20.8. The van der Waals surface area contributed by atoms with Crippen LogP contribution in [0.25, 0.3) is 33.7 Å². The van der Waals surface area contributed by atoms with E-state index < -0.39 is 11.7 Å². The Hall–Kier alpha value is -3.34. The third-order valence-corrected chi connectivity index (χ3v) is 4.20. The molecule has 4 aromatic rings. The highest BCUT2D eigenvalue weighted by molar-refractivity contribution is 9.10. The minimum absolute atomic E-state index is 0.228. The predicted octanol–water partition coefficient (Wildman–Crippen LogP) is 3.67. The Labute approximate surface area is 173 Å². The first-order chi connectivity index (χ1) is 13.7. The standard InChI is InChI=1S/C18H16BrN7O3/c1-18(2,3)28-17(27)26-12-5-4-9(6-11(12)23-25-26)10-7-13(29-24-10)15-16(20)21-8-14(19)22-15/h4-8H,1-3H3,(H2,20,21). The first kappa shape index (κ1) is 19.0. The molecule has 29 heavy (non-hydrogen) atoms. The number of halogens is 1. The fourth-order valence-electron chi connectivity index (χ4n) is 2.60. The number of anilines is 1. The van der Waals surface area contributed by atoms with Gasteiger partial charge in [-0.1, -0.05) is 16.4 Å². The zero-order valence-electron chi connectivity index (χ0n) is 15.8. The van der Waals surface area contributed by atoms with Crippen molar-refractivity contribution in [1.82, 2.24) is 30.1 Å². The van der Waals surface area contributed by atoms with Crippen molar-refractivity contribution in [3.05, 3.63) is 35.1 Å². The molecule has 4 rings (SSSR count). The third-order valence-electron chi connectivity index (χ3n) is 3.82. The van der Waals surface area contributed by atoms with Crippen molar-refractivity contribution >= 4 is 38.9 Å². The molecule has 2 N–H and O–H groups in total. The van der Waals surface area contributed by atoms with Gasteiger partial charge in [-0.15, -0.1) is 9.78 Å². The van der Waals surface area contributed by atoms with Crippen LogP contribution >= 0.6 is 15.9 Å². The van der Waals surface area contributed by atoms with Crippen molar-refractivity contribution in [3.63, 3.8) is 0 Å². The van der Waals surface area contributed by atoms with Crippen molar-refractivity contribution in [2.75, 3.05) is 5.73 Å². The number of ether oxygens (including phenoxy) is 1. The van der Waals surface area contributed by atoms with Gasteiger partial charge < -0.3 is 15.0 Å². The Bertz CT molecular complexity index is 1230. The summed E-state index contributed by atoms with van der Waals surface area (Å²) in [6, 6.07) is 6.95. The van der Waals surface area contributed by atoms with Gasteiger partial charge in [-0.2, -0.15) is 0 Å². The Morgan fingerprint density at radius 3 is 2.83 bits per heavy atom. The van der Waals surface area contributed by atoms with Crippen molar-refractivity contribution in [3.8, 4) is 22.7 Å². The van der Waals surface area contributed by atoms with Gasteiger partial charge in [0.2, 0.25) is 0 Å². The molecule has 0 aliphatic heterocycles. The number of fused-ring (bicyclic) bond motifs is 1. The minimum atomic E-state index is -0.635. The minimum Gasteiger partial charge on any atom is -0.442 e. The fourth-order valence-corrected chi connectivity index (χ4v) is 2.88. The van der Waals surface area contributed by atoms with Gasteiger partial charge in [0.05, 0.1) is 6.20 Å². The van der Waals surface area contributed by atoms with E-state index in [0.717, 1.165) is 10.2 Å². The van der Waals surface area contributed by atoms with Crippen LogP contribution in [0.2, 0.25) is 0 Å². The van der Waals surface area contributed by atoms with E-state index >= 15 is 0 Å². The van der Waals surface area contributed by atoms with Crippen LogP contribution in [0.1, 0.15) is 20.8 Å². The lowest BCUT2D eigenvalue weighted by molar-refractivity contribution is 0.0519. The van der Waals surface area contributed by atoms with Crippen LogP contribution in [0, 0.1) is 0 Å². The molecule has 0 spiro atoms. The SMILES string of the molecule is CC(C)(C)OC(=O)n1nnc2cc(-c3cc(-c4nc(Br)cnc4N)on3)ccc21. The van der Waals surface area contributed by atoms with Crippen molar-refractivity contribution in [2.45, 2.75) is 26.4 Å². The second kappa shape index (κ2) is 6.92. The van der Waals surface area contributed by atoms with E-state index in [9.17, 15) is 4.79 Å². The maximum atomic E-state index is 12.3. The summed E-state index contributed by atoms with van der Waals surface area (Å²) >= 11 is 3.26. The summed E-state index contributed by atoms with van der Waals surface area (Å²) in [7, 11) is 0. The summed E-state index contributed by atoms with van der Waals surface area (Å²) in [5.41, 5.74) is 7.93. The molecule has 3 heterocycles. The molecule has 0 unspecified atom stereocenters. The number of benzene rings is 1. The van der Waals surface area contributed by atoms with Crippen LogP contribution in [0.5, 0.6) is 0 Å². The molecule has 0 aliphatic carbocycles. The van der Waals surface area contributed by atoms with Crippen LogP contribution < -0.4 is 5.73 Å². The third kappa shape index (κ3) is 3.81. The number of rotatable bonds is 2. The van der Waals surface area contributed by atoms with Crippen LogP contribution in [0.3, 0.4) is 0 Å². The summed E-state index contributed by atoms with van der Waals surface area (Å²) in [5.74, 6) is 0.607. The zero-order valence-corrected chi connectivity index (χ0v) is 17.3. The maximum absolute atomic E-state index is 12.3. The van der Waals surface area contributed by atoms with E-state index in [1.54, 1.807) is 45.0 Å². The van der Waals surface area contributed by atoms with Crippen LogP contribution in [0.15, 0.2) is 39.6 Å². The topological polar surface area (TPSA) is 135 Å². The number of nitrogens with zero attached hydrogens (tertiary/aromatic N) is 6. The summed E-state index contributed by atoms with van der Waals surface area (Å²) in [4.78, 5) is 20.6. The number of carbonyl (C=O) groups is 1. The van der Waals surface area contributed by atoms with Crippen molar-refractivity contribution < 1.29 is 14.1 Å². The van der Waals surface area contributed by atoms with E-state index in [2.05, 4.69) is 41.4 Å². The highest BCUT2D eigenvalue weighted by Crippen LogP contribution is 2.29. The number of nitrogen functional groups attached to an aromatic ring is 1. The lowest BCUT2D eigenvalue weighted by Gasteiger charge is -2.18. The molecular formula is C18H16BrN7O3. The summed E-state index contributed by atoms with van der Waals surface area (Å²) in [6.45, 7) is 5.35. The van der Waals surface area contributed by atoms with Gasteiger partial charge in [0.15, 0.2) is 17.3 Å². The second-order valence-corrected chi connectivity index (χ2v) is 8.00. The average molecular weight is 458 g/mol. The van der Waals surface area contributed by atoms with Crippen LogP contribution in [-0.4, -0.2) is 41.8 Å². The highest BCUT2D eigenvalue weighted by atomic mass is 79.9. The predicted molar refractivity (Wildman–Crippen MR) is 108 cm³/mol. The van der Waals surface area contributed by atoms with Crippen molar-refractivity contribution in [1.29, 1.82) is 0 Å². The smallest absolute Gasteiger partial charge is 0.437 e. The number of hydrogen-bond acceptors (Lipinski definition) is 9. The number of aromatic nitrogens is 6. The van der Waals surface area contributed by atoms with E-state index in [0.29, 0.717) is 32.8 Å². The first-order valence-electron chi connectivity index (χ1n) is 8.55. The molecule has 0 saturated heterocycles. The molecule has 0 bridgehead atoms. The largest absolute Gasteiger partial charge is 0.442 e. The Morgan fingerprint density at radius 1 is 1.28 bits per heavy atom. The lowest BCUT2D eigenvalue weighted by Crippen LogP contribution is -2.27. The summed E-state index contributed by atoms with van der Waals surface area (Å²) < 4.78 is 12.4. The number of carbonyl (C=O) groups excluding carboxylic acids is 1. The van der Waals surface area contributed by atoms with E-state index in [-0.39, 0.29) is 5.82 Å². The van der Waals surface area contributed by atoms with E-state index in [1.807, 2.05) is 0 Å². The quantitative estimate of drug-likeness (QED) is 0.477. The second-order valence-electron chi connectivity index (χ2n) is 7.19. The fraction of sp³-hybridized carbons (Fsp3) is 0.222. The van der Waals surface area contributed by atoms with Gasteiger partial charge in [-0.25, -0.2) is 14.8 Å². The molecule has 1 aromatic carbocycles. The molecule has 0 radical (unpaired) electrons. The maximum Gasteiger partial charge on any atom is 0.437 e. The number of nitrogens with two attached hydrogens (primary N) is 1. The van der Waals surface area contributed by atoms with E-state index in [1.165, 1.54) is 6.20 Å².